The molecule has 9 heteroatoms. The van der Waals surface area contributed by atoms with E-state index in [0.717, 1.165) is 12.1 Å². The van der Waals surface area contributed by atoms with Crippen molar-refractivity contribution in [1.82, 2.24) is 15.0 Å². The van der Waals surface area contributed by atoms with Crippen molar-refractivity contribution in [2.45, 2.75) is 13.2 Å². The molecule has 2 heterocycles. The topological polar surface area (TPSA) is 78.4 Å². The van der Waals surface area contributed by atoms with Gasteiger partial charge in [-0.1, -0.05) is 5.16 Å². The number of anilines is 1. The van der Waals surface area contributed by atoms with E-state index < -0.39 is 11.6 Å². The standard InChI is InChI=1S/C16H17F2N5O2/c1-24-10-14-20-15(25-21-14)9-22-2-4-23(5-3-22)16-12(17)6-11(8-19)7-13(16)18/h6-7H,2-5,9-10H2,1H3. The lowest BCUT2D eigenvalue weighted by Crippen LogP contribution is -2.46. The fourth-order valence-electron chi connectivity index (χ4n) is 2.80. The predicted molar refractivity (Wildman–Crippen MR) is 83.6 cm³/mol. The van der Waals surface area contributed by atoms with Crippen LogP contribution in [0.4, 0.5) is 14.5 Å². The van der Waals surface area contributed by atoms with Crippen LogP contribution in [0.2, 0.25) is 0 Å². The molecule has 0 radical (unpaired) electrons. The summed E-state index contributed by atoms with van der Waals surface area (Å²) in [5, 5.41) is 12.6. The molecule has 0 unspecified atom stereocenters. The molecule has 0 aliphatic carbocycles. The molecular formula is C16H17F2N5O2. The van der Waals surface area contributed by atoms with Gasteiger partial charge in [0.05, 0.1) is 18.2 Å². The maximum absolute atomic E-state index is 14.1. The lowest BCUT2D eigenvalue weighted by atomic mass is 10.1. The third kappa shape index (κ3) is 3.92. The Morgan fingerprint density at radius 2 is 1.92 bits per heavy atom. The Labute approximate surface area is 143 Å². The smallest absolute Gasteiger partial charge is 0.240 e. The molecule has 25 heavy (non-hydrogen) atoms. The third-order valence-electron chi connectivity index (χ3n) is 3.98. The summed E-state index contributed by atoms with van der Waals surface area (Å²) in [4.78, 5) is 7.92. The Kier molecular flexibility index (Phi) is 5.21. The molecule has 0 spiro atoms. The predicted octanol–water partition coefficient (Wildman–Crippen LogP) is 1.69. The van der Waals surface area contributed by atoms with Crippen molar-refractivity contribution < 1.29 is 18.0 Å². The number of ether oxygens (including phenoxy) is 1. The van der Waals surface area contributed by atoms with Crippen molar-refractivity contribution in [3.8, 4) is 6.07 Å². The van der Waals surface area contributed by atoms with Crippen LogP contribution in [-0.2, 0) is 17.9 Å². The van der Waals surface area contributed by atoms with Crippen molar-refractivity contribution >= 4 is 5.69 Å². The van der Waals surface area contributed by atoms with Crippen LogP contribution in [-0.4, -0.2) is 48.3 Å². The van der Waals surface area contributed by atoms with E-state index in [-0.39, 0.29) is 17.9 Å². The van der Waals surface area contributed by atoms with Gasteiger partial charge in [-0.3, -0.25) is 4.90 Å². The number of nitrogens with zero attached hydrogens (tertiary/aromatic N) is 5. The van der Waals surface area contributed by atoms with Crippen molar-refractivity contribution in [3.63, 3.8) is 0 Å². The van der Waals surface area contributed by atoms with E-state index in [9.17, 15) is 8.78 Å². The average Bonchev–Trinajstić information content (AvgIpc) is 3.03. The summed E-state index contributed by atoms with van der Waals surface area (Å²) in [5.74, 6) is -0.466. The van der Waals surface area contributed by atoms with E-state index in [0.29, 0.717) is 44.4 Å². The van der Waals surface area contributed by atoms with E-state index in [4.69, 9.17) is 14.5 Å². The number of methoxy groups -OCH3 is 1. The van der Waals surface area contributed by atoms with Gasteiger partial charge in [0.2, 0.25) is 5.89 Å². The fraction of sp³-hybridized carbons (Fsp3) is 0.438. The molecule has 3 rings (SSSR count). The van der Waals surface area contributed by atoms with Crippen molar-refractivity contribution in [2.75, 3.05) is 38.2 Å². The van der Waals surface area contributed by atoms with Gasteiger partial charge >= 0.3 is 0 Å². The van der Waals surface area contributed by atoms with E-state index in [2.05, 4.69) is 15.0 Å². The zero-order valence-corrected chi connectivity index (χ0v) is 13.7. The van der Waals surface area contributed by atoms with Crippen molar-refractivity contribution in [3.05, 3.63) is 41.0 Å². The molecule has 132 valence electrons. The highest BCUT2D eigenvalue weighted by Crippen LogP contribution is 2.26. The normalized spacial score (nSPS) is 15.4. The van der Waals surface area contributed by atoms with Gasteiger partial charge in [-0.15, -0.1) is 0 Å². The molecule has 1 aliphatic rings. The fourth-order valence-corrected chi connectivity index (χ4v) is 2.80. The summed E-state index contributed by atoms with van der Waals surface area (Å²) in [7, 11) is 1.55. The molecule has 1 aromatic heterocycles. The minimum atomic E-state index is -0.717. The average molecular weight is 349 g/mol. The van der Waals surface area contributed by atoms with Gasteiger partial charge < -0.3 is 14.2 Å². The molecule has 1 saturated heterocycles. The number of hydrogen-bond donors (Lipinski definition) is 0. The molecule has 1 fully saturated rings. The molecule has 7 nitrogen and oxygen atoms in total. The van der Waals surface area contributed by atoms with E-state index in [1.54, 1.807) is 18.1 Å². The molecular weight excluding hydrogens is 332 g/mol. The number of nitriles is 1. The first-order valence-corrected chi connectivity index (χ1v) is 7.77. The van der Waals surface area contributed by atoms with Crippen LogP contribution >= 0.6 is 0 Å². The molecule has 1 aromatic carbocycles. The van der Waals surface area contributed by atoms with Gasteiger partial charge in [-0.25, -0.2) is 8.78 Å². The van der Waals surface area contributed by atoms with Gasteiger partial charge in [-0.05, 0) is 12.1 Å². The first-order chi connectivity index (χ1) is 12.1. The van der Waals surface area contributed by atoms with Gasteiger partial charge in [0.1, 0.15) is 12.3 Å². The minimum Gasteiger partial charge on any atom is -0.377 e. The maximum atomic E-state index is 14.1. The van der Waals surface area contributed by atoms with Crippen LogP contribution in [0.15, 0.2) is 16.7 Å². The van der Waals surface area contributed by atoms with Gasteiger partial charge in [0.15, 0.2) is 17.5 Å². The number of halogens is 2. The second-order valence-electron chi connectivity index (χ2n) is 5.70. The second kappa shape index (κ2) is 7.55. The summed E-state index contributed by atoms with van der Waals surface area (Å²) in [5.41, 5.74) is -0.112. The largest absolute Gasteiger partial charge is 0.377 e. The Morgan fingerprint density at radius 3 is 2.52 bits per heavy atom. The van der Waals surface area contributed by atoms with Crippen LogP contribution in [0, 0.1) is 23.0 Å². The van der Waals surface area contributed by atoms with Crippen LogP contribution in [0.3, 0.4) is 0 Å². The van der Waals surface area contributed by atoms with Crippen LogP contribution < -0.4 is 4.90 Å². The van der Waals surface area contributed by atoms with Gasteiger partial charge in [0.25, 0.3) is 0 Å². The van der Waals surface area contributed by atoms with Gasteiger partial charge in [-0.2, -0.15) is 10.2 Å². The lowest BCUT2D eigenvalue weighted by Gasteiger charge is -2.35. The molecule has 0 saturated carbocycles. The first kappa shape index (κ1) is 17.3. The summed E-state index contributed by atoms with van der Waals surface area (Å²) in [6.45, 7) is 2.87. The number of rotatable bonds is 5. The Morgan fingerprint density at radius 1 is 1.24 bits per heavy atom. The first-order valence-electron chi connectivity index (χ1n) is 7.77. The molecule has 0 amide bonds. The number of aromatic nitrogens is 2. The highest BCUT2D eigenvalue weighted by molar-refractivity contribution is 5.53. The lowest BCUT2D eigenvalue weighted by molar-refractivity contribution is 0.174. The van der Waals surface area contributed by atoms with E-state index in [1.165, 1.54) is 0 Å². The number of piperazine rings is 1. The molecule has 2 aromatic rings. The quantitative estimate of drug-likeness (QED) is 0.813. The van der Waals surface area contributed by atoms with Crippen LogP contribution in [0.25, 0.3) is 0 Å². The zero-order valence-electron chi connectivity index (χ0n) is 13.7. The van der Waals surface area contributed by atoms with Gasteiger partial charge in [0, 0.05) is 33.3 Å². The second-order valence-corrected chi connectivity index (χ2v) is 5.70. The third-order valence-corrected chi connectivity index (χ3v) is 3.98. The highest BCUT2D eigenvalue weighted by Gasteiger charge is 2.24. The summed E-state index contributed by atoms with van der Waals surface area (Å²) in [6, 6.07) is 3.86. The molecule has 0 atom stereocenters. The van der Waals surface area contributed by atoms with Crippen molar-refractivity contribution in [2.24, 2.45) is 0 Å². The molecule has 0 bridgehead atoms. The monoisotopic (exact) mass is 349 g/mol. The number of benzene rings is 1. The highest BCUT2D eigenvalue weighted by atomic mass is 19.1. The summed E-state index contributed by atoms with van der Waals surface area (Å²) < 4.78 is 38.3. The minimum absolute atomic E-state index is 0.0272. The molecule has 1 aliphatic heterocycles. The summed E-state index contributed by atoms with van der Waals surface area (Å²) >= 11 is 0. The van der Waals surface area contributed by atoms with Crippen LogP contribution in [0.1, 0.15) is 17.3 Å². The Hall–Kier alpha value is -2.57. The SMILES string of the molecule is COCc1noc(CN2CCN(c3c(F)cc(C#N)cc3F)CC2)n1. The summed E-state index contributed by atoms with van der Waals surface area (Å²) in [6.07, 6.45) is 0. The zero-order chi connectivity index (χ0) is 17.8. The molecule has 0 N–H and O–H groups in total. The Bertz CT molecular complexity index is 758. The van der Waals surface area contributed by atoms with E-state index >= 15 is 0 Å². The number of hydrogen-bond acceptors (Lipinski definition) is 7. The Balaban J connectivity index is 1.61. The maximum Gasteiger partial charge on any atom is 0.240 e. The van der Waals surface area contributed by atoms with E-state index in [1.807, 2.05) is 0 Å². The van der Waals surface area contributed by atoms with Crippen LogP contribution in [0.5, 0.6) is 0 Å². The van der Waals surface area contributed by atoms with Crippen molar-refractivity contribution in [1.29, 1.82) is 5.26 Å².